The van der Waals surface area contributed by atoms with Crippen LogP contribution in [0.25, 0.3) is 0 Å². The number of alkyl halides is 1. The molecule has 3 aliphatic rings. The number of ether oxygens (including phenoxy) is 3. The van der Waals surface area contributed by atoms with Crippen LogP contribution in [0.15, 0.2) is 0 Å². The van der Waals surface area contributed by atoms with Crippen LogP contribution < -0.4 is 0 Å². The fourth-order valence-corrected chi connectivity index (χ4v) is 3.49. The van der Waals surface area contributed by atoms with Gasteiger partial charge in [0, 0.05) is 0 Å². The van der Waals surface area contributed by atoms with Gasteiger partial charge in [-0.05, 0) is 13.8 Å². The molecule has 3 rings (SSSR count). The van der Waals surface area contributed by atoms with Crippen LogP contribution >= 0.6 is 22.6 Å². The number of aliphatic hydroxyl groups excluding tert-OH is 1. The van der Waals surface area contributed by atoms with Crippen LogP contribution in [0.4, 0.5) is 0 Å². The molecule has 2 saturated heterocycles. The fraction of sp³-hybridized carbons (Fsp3) is 0.889. The van der Waals surface area contributed by atoms with Gasteiger partial charge >= 0.3 is 5.97 Å². The first-order valence-electron chi connectivity index (χ1n) is 4.80. The van der Waals surface area contributed by atoms with Crippen LogP contribution in [0.1, 0.15) is 13.8 Å². The van der Waals surface area contributed by atoms with Crippen molar-refractivity contribution in [2.75, 3.05) is 0 Å². The first-order chi connectivity index (χ1) is 6.86. The van der Waals surface area contributed by atoms with Gasteiger partial charge in [0.15, 0.2) is 15.3 Å². The van der Waals surface area contributed by atoms with Gasteiger partial charge in [-0.15, -0.1) is 0 Å². The van der Waals surface area contributed by atoms with E-state index in [1.54, 1.807) is 13.8 Å². The average molecular weight is 326 g/mol. The first-order valence-corrected chi connectivity index (χ1v) is 5.88. The molecule has 5 atom stereocenters. The minimum atomic E-state index is -0.999. The number of aliphatic hydroxyl groups is 1. The Labute approximate surface area is 100 Å². The lowest BCUT2D eigenvalue weighted by molar-refractivity contribution is -0.167. The second-order valence-corrected chi connectivity index (χ2v) is 6.39. The van der Waals surface area contributed by atoms with Gasteiger partial charge in [0.25, 0.3) is 0 Å². The van der Waals surface area contributed by atoms with Crippen molar-refractivity contribution in [3.8, 4) is 0 Å². The summed E-state index contributed by atoms with van der Waals surface area (Å²) < 4.78 is 15.4. The molecule has 0 spiro atoms. The van der Waals surface area contributed by atoms with Crippen molar-refractivity contribution in [3.63, 3.8) is 0 Å². The van der Waals surface area contributed by atoms with Gasteiger partial charge in [-0.2, -0.15) is 0 Å². The number of hydrogen-bond donors (Lipinski definition) is 1. The molecule has 84 valence electrons. The molecule has 2 heterocycles. The molecule has 1 N–H and O–H groups in total. The van der Waals surface area contributed by atoms with Crippen molar-refractivity contribution in [1.82, 2.24) is 0 Å². The van der Waals surface area contributed by atoms with Crippen molar-refractivity contribution >= 4 is 28.6 Å². The third kappa shape index (κ3) is 1.06. The van der Waals surface area contributed by atoms with E-state index in [-0.39, 0.29) is 6.10 Å². The zero-order valence-electron chi connectivity index (χ0n) is 8.27. The molecule has 6 heteroatoms. The van der Waals surface area contributed by atoms with Gasteiger partial charge < -0.3 is 19.3 Å². The molecule has 2 bridgehead atoms. The number of halogens is 1. The number of fused-ring (bicyclic) bond motifs is 5. The highest BCUT2D eigenvalue weighted by atomic mass is 127. The largest absolute Gasteiger partial charge is 0.455 e. The average Bonchev–Trinajstić information content (AvgIpc) is 2.61. The number of rotatable bonds is 0. The Kier molecular flexibility index (Phi) is 1.82. The molecule has 1 aliphatic carbocycles. The molecule has 0 aromatic carbocycles. The Hall–Kier alpha value is 0.0800. The molecule has 2 aliphatic heterocycles. The summed E-state index contributed by atoms with van der Waals surface area (Å²) in [5.74, 6) is -1.11. The minimum absolute atomic E-state index is 0.343. The molecule has 5 nitrogen and oxygen atoms in total. The van der Waals surface area contributed by atoms with Crippen LogP contribution in [0.5, 0.6) is 0 Å². The quantitative estimate of drug-likeness (QED) is 0.385. The summed E-state index contributed by atoms with van der Waals surface area (Å²) in [5, 5.41) is 9.92. The van der Waals surface area contributed by atoms with E-state index in [0.717, 1.165) is 0 Å². The second kappa shape index (κ2) is 2.66. The lowest BCUT2D eigenvalue weighted by Gasteiger charge is -2.26. The smallest absolute Gasteiger partial charge is 0.328 e. The Balaban J connectivity index is 2.02. The highest BCUT2D eigenvalue weighted by molar-refractivity contribution is 14.1. The lowest BCUT2D eigenvalue weighted by Crippen LogP contribution is -2.48. The molecule has 1 saturated carbocycles. The van der Waals surface area contributed by atoms with E-state index >= 15 is 0 Å². The predicted octanol–water partition coefficient (Wildman–Crippen LogP) is -0.0198. The van der Waals surface area contributed by atoms with Gasteiger partial charge in [-0.25, -0.2) is 0 Å². The Morgan fingerprint density at radius 3 is 2.67 bits per heavy atom. The van der Waals surface area contributed by atoms with Crippen LogP contribution in [0.2, 0.25) is 0 Å². The van der Waals surface area contributed by atoms with Crippen molar-refractivity contribution < 1.29 is 24.1 Å². The van der Waals surface area contributed by atoms with Gasteiger partial charge in [0.05, 0.1) is 0 Å². The van der Waals surface area contributed by atoms with E-state index in [9.17, 15) is 9.90 Å². The zero-order chi connectivity index (χ0) is 11.0. The highest BCUT2D eigenvalue weighted by Crippen LogP contribution is 2.54. The summed E-state index contributed by atoms with van der Waals surface area (Å²) in [6, 6.07) is 0. The minimum Gasteiger partial charge on any atom is -0.455 e. The standard InChI is InChI=1S/C9H11IO5/c1-8(2)14-4-3-5(11)9(10,6(4)15-8)7(12)13-3/h3-6,11H,1-2H3/t3-,4-,5-,6-,9+/m0/s1. The van der Waals surface area contributed by atoms with Crippen LogP contribution in [0, 0.1) is 0 Å². The molecule has 3 fully saturated rings. The number of carbonyl (C=O) groups is 1. The number of esters is 1. The Morgan fingerprint density at radius 2 is 2.00 bits per heavy atom. The summed E-state index contributed by atoms with van der Waals surface area (Å²) in [7, 11) is 0. The van der Waals surface area contributed by atoms with E-state index < -0.39 is 33.5 Å². The summed E-state index contributed by atoms with van der Waals surface area (Å²) in [6.07, 6.45) is -2.17. The highest BCUT2D eigenvalue weighted by Gasteiger charge is 2.75. The Bertz CT molecular complexity index is 343. The molecule has 0 unspecified atom stereocenters. The first kappa shape index (κ1) is 10.2. The fourth-order valence-electron chi connectivity index (χ4n) is 2.52. The molecular weight excluding hydrogens is 315 g/mol. The summed E-state index contributed by atoms with van der Waals surface area (Å²) in [4.78, 5) is 11.6. The van der Waals surface area contributed by atoms with Crippen molar-refractivity contribution in [2.45, 2.75) is 47.5 Å². The van der Waals surface area contributed by atoms with Crippen LogP contribution in [-0.2, 0) is 19.0 Å². The summed E-state index contributed by atoms with van der Waals surface area (Å²) in [5.41, 5.74) is 0. The lowest BCUT2D eigenvalue weighted by atomic mass is 10.0. The van der Waals surface area contributed by atoms with E-state index in [0.29, 0.717) is 0 Å². The molecular formula is C9H11IO5. The van der Waals surface area contributed by atoms with Gasteiger partial charge in [-0.3, -0.25) is 4.79 Å². The molecule has 0 radical (unpaired) electrons. The number of hydrogen-bond acceptors (Lipinski definition) is 5. The van der Waals surface area contributed by atoms with Crippen molar-refractivity contribution in [2.24, 2.45) is 0 Å². The molecule has 0 aromatic rings. The van der Waals surface area contributed by atoms with Crippen molar-refractivity contribution in [3.05, 3.63) is 0 Å². The van der Waals surface area contributed by atoms with Crippen molar-refractivity contribution in [1.29, 1.82) is 0 Å². The Morgan fingerprint density at radius 1 is 1.33 bits per heavy atom. The van der Waals surface area contributed by atoms with E-state index in [1.165, 1.54) is 0 Å². The molecule has 15 heavy (non-hydrogen) atoms. The molecule has 0 amide bonds. The van der Waals surface area contributed by atoms with Gasteiger partial charge in [0.1, 0.15) is 18.3 Å². The van der Waals surface area contributed by atoms with Gasteiger partial charge in [0.2, 0.25) is 0 Å². The number of carbonyl (C=O) groups excluding carboxylic acids is 1. The SMILES string of the molecule is CC1(C)O[C@H]2[C@@H]3OC(=O)[C@@](I)([C@H]3O)[C@H]2O1. The molecule has 0 aromatic heterocycles. The normalized spacial score (nSPS) is 55.6. The van der Waals surface area contributed by atoms with Crippen LogP contribution in [0.3, 0.4) is 0 Å². The maximum absolute atomic E-state index is 11.6. The van der Waals surface area contributed by atoms with Crippen LogP contribution in [-0.4, -0.2) is 44.7 Å². The van der Waals surface area contributed by atoms with E-state index in [2.05, 4.69) is 0 Å². The monoisotopic (exact) mass is 326 g/mol. The summed E-state index contributed by atoms with van der Waals surface area (Å²) >= 11 is 1.93. The topological polar surface area (TPSA) is 65.0 Å². The maximum atomic E-state index is 11.6. The van der Waals surface area contributed by atoms with E-state index in [1.807, 2.05) is 22.6 Å². The second-order valence-electron chi connectivity index (χ2n) is 4.60. The summed E-state index contributed by atoms with van der Waals surface area (Å²) in [6.45, 7) is 3.59. The maximum Gasteiger partial charge on any atom is 0.328 e. The third-order valence-corrected chi connectivity index (χ3v) is 4.86. The predicted molar refractivity (Wildman–Crippen MR) is 56.5 cm³/mol. The zero-order valence-corrected chi connectivity index (χ0v) is 10.4. The van der Waals surface area contributed by atoms with E-state index in [4.69, 9.17) is 14.2 Å². The third-order valence-electron chi connectivity index (χ3n) is 3.16. The van der Waals surface area contributed by atoms with Gasteiger partial charge in [-0.1, -0.05) is 22.6 Å².